The molecule has 160 valence electrons. The van der Waals surface area contributed by atoms with E-state index in [0.717, 1.165) is 57.4 Å². The van der Waals surface area contributed by atoms with E-state index < -0.39 is 6.10 Å². The van der Waals surface area contributed by atoms with Crippen LogP contribution in [0.5, 0.6) is 0 Å². The average Bonchev–Trinajstić information content (AvgIpc) is 2.73. The molecule has 2 aliphatic rings. The van der Waals surface area contributed by atoms with Crippen molar-refractivity contribution < 1.29 is 14.7 Å². The Balaban J connectivity index is 1.48. The molecule has 0 saturated carbocycles. The van der Waals surface area contributed by atoms with Crippen LogP contribution in [-0.4, -0.2) is 76.0 Å². The first-order chi connectivity index (χ1) is 13.9. The molecule has 3 heterocycles. The number of hydrogen-bond donors (Lipinski definition) is 2. The van der Waals surface area contributed by atoms with Crippen LogP contribution in [0.4, 0.5) is 5.82 Å². The van der Waals surface area contributed by atoms with Crippen LogP contribution in [0.3, 0.4) is 0 Å². The summed E-state index contributed by atoms with van der Waals surface area (Å²) < 4.78 is 0. The number of rotatable bonds is 5. The SMILES string of the molecule is CSCC(O)C(=O)N1CCC(C2CCN(C(=O)c3cnc(N)cc3C)CC2)CC1. The Hall–Kier alpha value is -1.80. The summed E-state index contributed by atoms with van der Waals surface area (Å²) in [4.78, 5) is 32.9. The van der Waals surface area contributed by atoms with Gasteiger partial charge in [0, 0.05) is 38.1 Å². The van der Waals surface area contributed by atoms with E-state index in [1.165, 1.54) is 11.8 Å². The van der Waals surface area contributed by atoms with Gasteiger partial charge in [0.1, 0.15) is 11.9 Å². The zero-order chi connectivity index (χ0) is 21.0. The molecular weight excluding hydrogens is 388 g/mol. The van der Waals surface area contributed by atoms with Crippen LogP contribution in [0.1, 0.15) is 41.6 Å². The number of aliphatic hydroxyl groups is 1. The van der Waals surface area contributed by atoms with Gasteiger partial charge in [-0.3, -0.25) is 9.59 Å². The number of aryl methyl sites for hydroxylation is 1. The highest BCUT2D eigenvalue weighted by Crippen LogP contribution is 2.33. The number of amides is 2. The Morgan fingerprint density at radius 3 is 2.24 bits per heavy atom. The molecule has 0 radical (unpaired) electrons. The van der Waals surface area contributed by atoms with E-state index in [4.69, 9.17) is 5.73 Å². The highest BCUT2D eigenvalue weighted by Gasteiger charge is 2.33. The Kier molecular flexibility index (Phi) is 7.40. The molecule has 2 fully saturated rings. The van der Waals surface area contributed by atoms with E-state index in [9.17, 15) is 14.7 Å². The van der Waals surface area contributed by atoms with Gasteiger partial charge in [-0.05, 0) is 62.3 Å². The van der Waals surface area contributed by atoms with E-state index in [0.29, 0.717) is 29.0 Å². The number of piperidine rings is 2. The summed E-state index contributed by atoms with van der Waals surface area (Å²) in [5.41, 5.74) is 7.19. The fourth-order valence-corrected chi connectivity index (χ4v) is 5.04. The minimum Gasteiger partial charge on any atom is -0.384 e. The summed E-state index contributed by atoms with van der Waals surface area (Å²) >= 11 is 1.49. The van der Waals surface area contributed by atoms with Gasteiger partial charge in [-0.1, -0.05) is 0 Å². The molecule has 0 aliphatic carbocycles. The van der Waals surface area contributed by atoms with Crippen LogP contribution < -0.4 is 5.73 Å². The van der Waals surface area contributed by atoms with Crippen LogP contribution in [0.25, 0.3) is 0 Å². The number of anilines is 1. The van der Waals surface area contributed by atoms with E-state index >= 15 is 0 Å². The van der Waals surface area contributed by atoms with Gasteiger partial charge in [-0.15, -0.1) is 0 Å². The number of aromatic nitrogens is 1. The van der Waals surface area contributed by atoms with Gasteiger partial charge in [0.15, 0.2) is 0 Å². The second-order valence-corrected chi connectivity index (χ2v) is 9.10. The Morgan fingerprint density at radius 2 is 1.72 bits per heavy atom. The van der Waals surface area contributed by atoms with Crippen molar-refractivity contribution in [3.63, 3.8) is 0 Å². The Bertz CT molecular complexity index is 729. The lowest BCUT2D eigenvalue weighted by Gasteiger charge is -2.40. The number of nitrogens with zero attached hydrogens (tertiary/aromatic N) is 3. The first kappa shape index (κ1) is 21.9. The molecule has 3 N–H and O–H groups in total. The minimum absolute atomic E-state index is 0.0386. The number of nitrogen functional groups attached to an aromatic ring is 1. The standard InChI is InChI=1S/C21H32N4O3S/c1-14-11-19(22)23-12-17(14)20(27)24-7-3-15(4-8-24)16-5-9-25(10-6-16)21(28)18(26)13-29-2/h11-12,15-16,18,26H,3-10,13H2,1-2H3,(H2,22,23). The molecule has 3 rings (SSSR count). The van der Waals surface area contributed by atoms with Gasteiger partial charge < -0.3 is 20.6 Å². The molecule has 1 unspecified atom stereocenters. The van der Waals surface area contributed by atoms with Gasteiger partial charge >= 0.3 is 0 Å². The van der Waals surface area contributed by atoms with Crippen molar-refractivity contribution in [2.24, 2.45) is 11.8 Å². The fourth-order valence-electron chi connectivity index (χ4n) is 4.58. The zero-order valence-electron chi connectivity index (χ0n) is 17.3. The number of carbonyl (C=O) groups excluding carboxylic acids is 2. The molecule has 1 atom stereocenters. The normalized spacial score (nSPS) is 20.0. The molecule has 29 heavy (non-hydrogen) atoms. The van der Waals surface area contributed by atoms with Gasteiger partial charge in [-0.2, -0.15) is 11.8 Å². The van der Waals surface area contributed by atoms with Gasteiger partial charge in [0.25, 0.3) is 11.8 Å². The smallest absolute Gasteiger partial charge is 0.255 e. The van der Waals surface area contributed by atoms with Crippen molar-refractivity contribution in [2.45, 2.75) is 38.7 Å². The third-order valence-corrected chi connectivity index (χ3v) is 6.97. The molecule has 7 nitrogen and oxygen atoms in total. The molecular formula is C21H32N4O3S. The predicted molar refractivity (Wildman–Crippen MR) is 116 cm³/mol. The molecule has 8 heteroatoms. The molecule has 1 aromatic heterocycles. The van der Waals surface area contributed by atoms with E-state index in [2.05, 4.69) is 4.98 Å². The van der Waals surface area contributed by atoms with Crippen LogP contribution in [0.2, 0.25) is 0 Å². The Labute approximate surface area is 177 Å². The second-order valence-electron chi connectivity index (χ2n) is 8.19. The van der Waals surface area contributed by atoms with Crippen molar-refractivity contribution in [3.8, 4) is 0 Å². The first-order valence-corrected chi connectivity index (χ1v) is 11.8. The summed E-state index contributed by atoms with van der Waals surface area (Å²) in [5.74, 6) is 1.98. The average molecular weight is 421 g/mol. The number of nitrogens with two attached hydrogens (primary N) is 1. The quantitative estimate of drug-likeness (QED) is 0.753. The highest BCUT2D eigenvalue weighted by molar-refractivity contribution is 7.98. The van der Waals surface area contributed by atoms with Crippen LogP contribution in [0, 0.1) is 18.8 Å². The van der Waals surface area contributed by atoms with Gasteiger partial charge in [0.2, 0.25) is 0 Å². The summed E-state index contributed by atoms with van der Waals surface area (Å²) in [6.45, 7) is 4.87. The lowest BCUT2D eigenvalue weighted by molar-refractivity contribution is -0.140. The first-order valence-electron chi connectivity index (χ1n) is 10.4. The van der Waals surface area contributed by atoms with Gasteiger partial charge in [-0.25, -0.2) is 4.98 Å². The zero-order valence-corrected chi connectivity index (χ0v) is 18.2. The maximum absolute atomic E-state index is 12.8. The van der Waals surface area contributed by atoms with Crippen molar-refractivity contribution in [1.29, 1.82) is 0 Å². The fraction of sp³-hybridized carbons (Fsp3) is 0.667. The third kappa shape index (κ3) is 5.22. The van der Waals surface area contributed by atoms with E-state index in [1.807, 2.05) is 23.0 Å². The summed E-state index contributed by atoms with van der Waals surface area (Å²) in [7, 11) is 0. The number of carbonyl (C=O) groups is 2. The summed E-state index contributed by atoms with van der Waals surface area (Å²) in [6.07, 6.45) is 6.56. The minimum atomic E-state index is -0.887. The number of aliphatic hydroxyl groups excluding tert-OH is 1. The van der Waals surface area contributed by atoms with Gasteiger partial charge in [0.05, 0.1) is 5.56 Å². The molecule has 2 aliphatic heterocycles. The molecule has 2 amide bonds. The molecule has 0 spiro atoms. The van der Waals surface area contributed by atoms with E-state index in [1.54, 1.807) is 12.3 Å². The second kappa shape index (κ2) is 9.80. The maximum atomic E-state index is 12.8. The van der Waals surface area contributed by atoms with Crippen LogP contribution in [0.15, 0.2) is 12.3 Å². The van der Waals surface area contributed by atoms with Crippen molar-refractivity contribution in [1.82, 2.24) is 14.8 Å². The monoisotopic (exact) mass is 420 g/mol. The topological polar surface area (TPSA) is 99.8 Å². The lowest BCUT2D eigenvalue weighted by atomic mass is 9.78. The third-order valence-electron chi connectivity index (χ3n) is 6.32. The number of likely N-dealkylation sites (tertiary alicyclic amines) is 2. The van der Waals surface area contributed by atoms with Crippen molar-refractivity contribution >= 4 is 29.4 Å². The van der Waals surface area contributed by atoms with Crippen molar-refractivity contribution in [2.75, 3.05) is 43.9 Å². The summed E-state index contributed by atoms with van der Waals surface area (Å²) in [6, 6.07) is 1.74. The Morgan fingerprint density at radius 1 is 1.17 bits per heavy atom. The molecule has 0 bridgehead atoms. The van der Waals surface area contributed by atoms with E-state index in [-0.39, 0.29) is 11.8 Å². The predicted octanol–water partition coefficient (Wildman–Crippen LogP) is 1.79. The molecule has 1 aromatic rings. The number of pyridine rings is 1. The highest BCUT2D eigenvalue weighted by atomic mass is 32.2. The number of hydrogen-bond acceptors (Lipinski definition) is 6. The van der Waals surface area contributed by atoms with Crippen LogP contribution >= 0.6 is 11.8 Å². The molecule has 0 aromatic carbocycles. The largest absolute Gasteiger partial charge is 0.384 e. The lowest BCUT2D eigenvalue weighted by Crippen LogP contribution is -2.47. The maximum Gasteiger partial charge on any atom is 0.255 e. The number of thioether (sulfide) groups is 1. The molecule has 2 saturated heterocycles. The van der Waals surface area contributed by atoms with Crippen molar-refractivity contribution in [3.05, 3.63) is 23.4 Å². The summed E-state index contributed by atoms with van der Waals surface area (Å²) in [5, 5.41) is 9.93. The van der Waals surface area contributed by atoms with Crippen LogP contribution in [-0.2, 0) is 4.79 Å².